The van der Waals surface area contributed by atoms with Gasteiger partial charge in [-0.2, -0.15) is 0 Å². The molecule has 1 saturated heterocycles. The average molecular weight is 259 g/mol. The molecule has 0 aliphatic carbocycles. The molecule has 1 aliphatic rings. The summed E-state index contributed by atoms with van der Waals surface area (Å²) in [5.74, 6) is -0.153. The fourth-order valence-corrected chi connectivity index (χ4v) is 2.33. The second kappa shape index (κ2) is 5.18. The molecule has 0 saturated carbocycles. The maximum Gasteiger partial charge on any atom is 0.573 e. The van der Waals surface area contributed by atoms with Gasteiger partial charge in [0, 0.05) is 12.1 Å². The van der Waals surface area contributed by atoms with Crippen LogP contribution in [0.1, 0.15) is 37.8 Å². The molecule has 1 N–H and O–H groups in total. The fraction of sp³-hybridized carbons (Fsp3) is 0.538. The zero-order valence-electron chi connectivity index (χ0n) is 10.1. The van der Waals surface area contributed by atoms with Crippen molar-refractivity contribution in [3.8, 4) is 5.75 Å². The molecule has 2 atom stereocenters. The summed E-state index contributed by atoms with van der Waals surface area (Å²) in [4.78, 5) is 0. The van der Waals surface area contributed by atoms with Crippen molar-refractivity contribution in [2.45, 2.75) is 44.6 Å². The summed E-state index contributed by atoms with van der Waals surface area (Å²) >= 11 is 0. The van der Waals surface area contributed by atoms with Gasteiger partial charge in [-0.1, -0.05) is 18.6 Å². The first-order valence-corrected chi connectivity index (χ1v) is 6.06. The van der Waals surface area contributed by atoms with E-state index in [9.17, 15) is 13.2 Å². The smallest absolute Gasteiger partial charge is 0.406 e. The quantitative estimate of drug-likeness (QED) is 0.872. The minimum Gasteiger partial charge on any atom is -0.406 e. The summed E-state index contributed by atoms with van der Waals surface area (Å²) in [6, 6.07) is 6.73. The summed E-state index contributed by atoms with van der Waals surface area (Å²) in [5.41, 5.74) is 0.850. The molecule has 2 rings (SSSR count). The topological polar surface area (TPSA) is 21.3 Å². The Morgan fingerprint density at radius 1 is 1.28 bits per heavy atom. The van der Waals surface area contributed by atoms with Gasteiger partial charge in [-0.05, 0) is 37.5 Å². The second-order valence-corrected chi connectivity index (χ2v) is 4.67. The number of halogens is 3. The molecule has 18 heavy (non-hydrogen) atoms. The molecule has 0 bridgehead atoms. The zero-order valence-corrected chi connectivity index (χ0v) is 10.1. The minimum atomic E-state index is -4.63. The first kappa shape index (κ1) is 13.2. The highest BCUT2D eigenvalue weighted by molar-refractivity contribution is 5.31. The van der Waals surface area contributed by atoms with E-state index in [-0.39, 0.29) is 11.8 Å². The molecule has 0 aromatic heterocycles. The maximum atomic E-state index is 12.1. The van der Waals surface area contributed by atoms with Crippen molar-refractivity contribution in [1.29, 1.82) is 0 Å². The van der Waals surface area contributed by atoms with E-state index in [1.54, 1.807) is 6.07 Å². The van der Waals surface area contributed by atoms with Gasteiger partial charge in [0.15, 0.2) is 0 Å². The molecule has 0 radical (unpaired) electrons. The highest BCUT2D eigenvalue weighted by Gasteiger charge is 2.31. The van der Waals surface area contributed by atoms with Crippen molar-refractivity contribution < 1.29 is 17.9 Å². The van der Waals surface area contributed by atoms with Gasteiger partial charge in [0.1, 0.15) is 5.75 Å². The van der Waals surface area contributed by atoms with E-state index >= 15 is 0 Å². The predicted molar refractivity (Wildman–Crippen MR) is 62.3 cm³/mol. The third-order valence-electron chi connectivity index (χ3n) is 3.11. The van der Waals surface area contributed by atoms with Crippen molar-refractivity contribution in [3.63, 3.8) is 0 Å². The monoisotopic (exact) mass is 259 g/mol. The lowest BCUT2D eigenvalue weighted by Crippen LogP contribution is -2.34. The van der Waals surface area contributed by atoms with Crippen molar-refractivity contribution >= 4 is 0 Å². The molecule has 0 spiro atoms. The average Bonchev–Trinajstić information content (AvgIpc) is 2.27. The van der Waals surface area contributed by atoms with Crippen LogP contribution in [-0.4, -0.2) is 12.4 Å². The molecule has 5 heteroatoms. The lowest BCUT2D eigenvalue weighted by molar-refractivity contribution is -0.274. The fourth-order valence-electron chi connectivity index (χ4n) is 2.33. The molecule has 0 amide bonds. The highest BCUT2D eigenvalue weighted by Crippen LogP contribution is 2.29. The number of alkyl halides is 3. The number of hydrogen-bond donors (Lipinski definition) is 1. The Labute approximate surface area is 104 Å². The van der Waals surface area contributed by atoms with Crippen LogP contribution in [0.2, 0.25) is 0 Å². The molecule has 1 aliphatic heterocycles. The molecule has 2 unspecified atom stereocenters. The summed E-state index contributed by atoms with van der Waals surface area (Å²) in [7, 11) is 0. The Hall–Kier alpha value is -1.23. The normalized spacial score (nSPS) is 24.9. The van der Waals surface area contributed by atoms with Crippen molar-refractivity contribution in [2.24, 2.45) is 0 Å². The highest BCUT2D eigenvalue weighted by atomic mass is 19.4. The number of nitrogens with one attached hydrogen (secondary N) is 1. The first-order valence-electron chi connectivity index (χ1n) is 6.06. The summed E-state index contributed by atoms with van der Waals surface area (Å²) in [6.45, 7) is 2.09. The van der Waals surface area contributed by atoms with Gasteiger partial charge in [0.25, 0.3) is 0 Å². The van der Waals surface area contributed by atoms with Crippen LogP contribution < -0.4 is 10.1 Å². The van der Waals surface area contributed by atoms with Gasteiger partial charge in [0.05, 0.1) is 0 Å². The van der Waals surface area contributed by atoms with E-state index in [0.717, 1.165) is 24.8 Å². The van der Waals surface area contributed by atoms with Crippen LogP contribution in [0.15, 0.2) is 24.3 Å². The van der Waals surface area contributed by atoms with Gasteiger partial charge in [-0.3, -0.25) is 0 Å². The van der Waals surface area contributed by atoms with Gasteiger partial charge in [-0.25, -0.2) is 0 Å². The van der Waals surface area contributed by atoms with E-state index in [1.807, 2.05) is 6.07 Å². The Kier molecular flexibility index (Phi) is 3.80. The van der Waals surface area contributed by atoms with Gasteiger partial charge in [0.2, 0.25) is 0 Å². The molecule has 1 heterocycles. The maximum absolute atomic E-state index is 12.1. The first-order chi connectivity index (χ1) is 8.44. The molecule has 2 nitrogen and oxygen atoms in total. The van der Waals surface area contributed by atoms with E-state index in [1.165, 1.54) is 12.1 Å². The Morgan fingerprint density at radius 2 is 2.06 bits per heavy atom. The van der Waals surface area contributed by atoms with Crippen LogP contribution in [0.4, 0.5) is 13.2 Å². The van der Waals surface area contributed by atoms with Crippen LogP contribution >= 0.6 is 0 Å². The number of benzene rings is 1. The van der Waals surface area contributed by atoms with E-state index < -0.39 is 6.36 Å². The van der Waals surface area contributed by atoms with Crippen molar-refractivity contribution in [2.75, 3.05) is 0 Å². The molecular weight excluding hydrogens is 243 g/mol. The molecule has 1 aromatic rings. The Balaban J connectivity index is 2.11. The molecule has 100 valence electrons. The number of piperidine rings is 1. The predicted octanol–water partition coefficient (Wildman–Crippen LogP) is 3.79. The summed E-state index contributed by atoms with van der Waals surface area (Å²) in [6.07, 6.45) is -1.50. The van der Waals surface area contributed by atoms with E-state index in [0.29, 0.717) is 6.04 Å². The molecular formula is C13H16F3NO. The largest absolute Gasteiger partial charge is 0.573 e. The summed E-state index contributed by atoms with van der Waals surface area (Å²) in [5, 5.41) is 3.39. The number of rotatable bonds is 2. The standard InChI is InChI=1S/C13H16F3NO/c1-9-4-2-7-12(17-9)10-5-3-6-11(8-10)18-13(14,15)16/h3,5-6,8-9,12,17H,2,4,7H2,1H3. The third kappa shape index (κ3) is 3.63. The van der Waals surface area contributed by atoms with E-state index in [4.69, 9.17) is 0 Å². The van der Waals surface area contributed by atoms with E-state index in [2.05, 4.69) is 17.0 Å². The Bertz CT molecular complexity index is 405. The summed E-state index contributed by atoms with van der Waals surface area (Å²) < 4.78 is 40.4. The Morgan fingerprint density at radius 3 is 2.72 bits per heavy atom. The van der Waals surface area contributed by atoms with Crippen molar-refractivity contribution in [1.82, 2.24) is 5.32 Å². The van der Waals surface area contributed by atoms with Crippen LogP contribution in [0, 0.1) is 0 Å². The van der Waals surface area contributed by atoms with Gasteiger partial charge < -0.3 is 10.1 Å². The SMILES string of the molecule is CC1CCCC(c2cccc(OC(F)(F)F)c2)N1. The van der Waals surface area contributed by atoms with Crippen molar-refractivity contribution in [3.05, 3.63) is 29.8 Å². The van der Waals surface area contributed by atoms with Crippen LogP contribution in [-0.2, 0) is 0 Å². The minimum absolute atomic E-state index is 0.116. The van der Waals surface area contributed by atoms with Gasteiger partial charge in [-0.15, -0.1) is 13.2 Å². The van der Waals surface area contributed by atoms with Crippen LogP contribution in [0.5, 0.6) is 5.75 Å². The molecule has 1 fully saturated rings. The van der Waals surface area contributed by atoms with Gasteiger partial charge >= 0.3 is 6.36 Å². The lowest BCUT2D eigenvalue weighted by Gasteiger charge is -2.29. The number of hydrogen-bond acceptors (Lipinski definition) is 2. The zero-order chi connectivity index (χ0) is 13.2. The van der Waals surface area contributed by atoms with Crippen LogP contribution in [0.3, 0.4) is 0 Å². The molecule has 1 aromatic carbocycles. The second-order valence-electron chi connectivity index (χ2n) is 4.67. The lowest BCUT2D eigenvalue weighted by atomic mass is 9.94. The third-order valence-corrected chi connectivity index (χ3v) is 3.11. The number of ether oxygens (including phenoxy) is 1. The van der Waals surface area contributed by atoms with Crippen LogP contribution in [0.25, 0.3) is 0 Å².